The molecule has 1 N–H and O–H groups in total. The number of halogens is 1. The second kappa shape index (κ2) is 6.60. The molecule has 1 aromatic rings. The van der Waals surface area contributed by atoms with Crippen molar-refractivity contribution in [3.8, 4) is 0 Å². The van der Waals surface area contributed by atoms with E-state index in [1.807, 2.05) is 0 Å². The summed E-state index contributed by atoms with van der Waals surface area (Å²) in [5.41, 5.74) is 0. The van der Waals surface area contributed by atoms with E-state index in [4.69, 9.17) is 16.3 Å². The van der Waals surface area contributed by atoms with Gasteiger partial charge in [-0.25, -0.2) is 4.79 Å². The van der Waals surface area contributed by atoms with E-state index in [1.54, 1.807) is 18.0 Å². The largest absolute Gasteiger partial charge is 0.449 e. The molecule has 7 nitrogen and oxygen atoms in total. The zero-order valence-corrected chi connectivity index (χ0v) is 12.0. The number of carbonyl (C=O) groups is 2. The van der Waals surface area contributed by atoms with E-state index in [9.17, 15) is 9.59 Å². The number of nitrogens with zero attached hydrogens (tertiary/aromatic N) is 3. The smallest absolute Gasteiger partial charge is 0.409 e. The molecule has 1 fully saturated rings. The SMILES string of the molecule is C[C@@H](C(=O)NCCN1CCCOC1=O)n1cc(Cl)cn1. The number of hydrogen-bond donors (Lipinski definition) is 1. The number of amides is 2. The molecule has 2 heterocycles. The monoisotopic (exact) mass is 300 g/mol. The fraction of sp³-hybridized carbons (Fsp3) is 0.583. The first-order valence-corrected chi connectivity index (χ1v) is 6.85. The molecule has 1 aliphatic rings. The first-order chi connectivity index (χ1) is 9.58. The van der Waals surface area contributed by atoms with Gasteiger partial charge in [0.15, 0.2) is 0 Å². The predicted octanol–water partition coefficient (Wildman–Crippen LogP) is 1.06. The van der Waals surface area contributed by atoms with Crippen LogP contribution in [-0.2, 0) is 9.53 Å². The Morgan fingerprint density at radius 3 is 3.10 bits per heavy atom. The molecule has 0 spiro atoms. The average Bonchev–Trinajstić information content (AvgIpc) is 2.86. The van der Waals surface area contributed by atoms with Gasteiger partial charge in [0.1, 0.15) is 6.04 Å². The van der Waals surface area contributed by atoms with E-state index >= 15 is 0 Å². The summed E-state index contributed by atoms with van der Waals surface area (Å²) in [6.07, 6.45) is 3.57. The van der Waals surface area contributed by atoms with Crippen molar-refractivity contribution in [1.29, 1.82) is 0 Å². The van der Waals surface area contributed by atoms with Gasteiger partial charge in [0, 0.05) is 25.8 Å². The number of hydrogen-bond acceptors (Lipinski definition) is 4. The standard InChI is InChI=1S/C12H17ClN4O3/c1-9(17-8-10(13)7-15-17)11(18)14-3-5-16-4-2-6-20-12(16)19/h7-9H,2-6H2,1H3,(H,14,18)/t9-/m0/s1. The normalized spacial score (nSPS) is 16.7. The van der Waals surface area contributed by atoms with Gasteiger partial charge in [-0.3, -0.25) is 9.48 Å². The van der Waals surface area contributed by atoms with Crippen molar-refractivity contribution in [2.24, 2.45) is 0 Å². The molecule has 0 aliphatic carbocycles. The van der Waals surface area contributed by atoms with Crippen LogP contribution in [0.3, 0.4) is 0 Å². The Hall–Kier alpha value is -1.76. The third-order valence-corrected chi connectivity index (χ3v) is 3.28. The minimum Gasteiger partial charge on any atom is -0.449 e. The zero-order chi connectivity index (χ0) is 14.5. The number of ether oxygens (including phenoxy) is 1. The molecule has 110 valence electrons. The highest BCUT2D eigenvalue weighted by molar-refractivity contribution is 6.30. The lowest BCUT2D eigenvalue weighted by atomic mass is 10.3. The van der Waals surface area contributed by atoms with Gasteiger partial charge < -0.3 is 15.0 Å². The van der Waals surface area contributed by atoms with Crippen LogP contribution >= 0.6 is 11.6 Å². The third-order valence-electron chi connectivity index (χ3n) is 3.08. The number of carbonyl (C=O) groups excluding carboxylic acids is 2. The second-order valence-corrected chi connectivity index (χ2v) is 5.00. The Morgan fingerprint density at radius 2 is 2.45 bits per heavy atom. The van der Waals surface area contributed by atoms with E-state index in [2.05, 4.69) is 10.4 Å². The van der Waals surface area contributed by atoms with E-state index < -0.39 is 6.04 Å². The predicted molar refractivity (Wildman–Crippen MR) is 72.5 cm³/mol. The quantitative estimate of drug-likeness (QED) is 0.882. The summed E-state index contributed by atoms with van der Waals surface area (Å²) < 4.78 is 6.41. The molecular weight excluding hydrogens is 284 g/mol. The highest BCUT2D eigenvalue weighted by Crippen LogP contribution is 2.10. The maximum Gasteiger partial charge on any atom is 0.409 e. The van der Waals surface area contributed by atoms with E-state index in [1.165, 1.54) is 10.9 Å². The second-order valence-electron chi connectivity index (χ2n) is 4.56. The van der Waals surface area contributed by atoms with Gasteiger partial charge in [0.2, 0.25) is 5.91 Å². The topological polar surface area (TPSA) is 76.5 Å². The number of aromatic nitrogens is 2. The lowest BCUT2D eigenvalue weighted by Crippen LogP contribution is -2.43. The van der Waals surface area contributed by atoms with E-state index in [0.29, 0.717) is 31.3 Å². The van der Waals surface area contributed by atoms with Crippen molar-refractivity contribution in [1.82, 2.24) is 20.0 Å². The van der Waals surface area contributed by atoms with Crippen molar-refractivity contribution in [2.45, 2.75) is 19.4 Å². The highest BCUT2D eigenvalue weighted by Gasteiger charge is 2.20. The molecule has 1 saturated heterocycles. The summed E-state index contributed by atoms with van der Waals surface area (Å²) in [6.45, 7) is 3.69. The maximum atomic E-state index is 11.9. The van der Waals surface area contributed by atoms with Crippen LogP contribution in [-0.4, -0.2) is 52.9 Å². The molecule has 20 heavy (non-hydrogen) atoms. The van der Waals surface area contributed by atoms with Crippen molar-refractivity contribution in [3.05, 3.63) is 17.4 Å². The van der Waals surface area contributed by atoms with Crippen LogP contribution < -0.4 is 5.32 Å². The average molecular weight is 301 g/mol. The van der Waals surface area contributed by atoms with Gasteiger partial charge in [0.25, 0.3) is 0 Å². The summed E-state index contributed by atoms with van der Waals surface area (Å²) in [4.78, 5) is 24.9. The Labute approximate surface area is 121 Å². The van der Waals surface area contributed by atoms with E-state index in [0.717, 1.165) is 6.42 Å². The molecule has 1 aromatic heterocycles. The summed E-state index contributed by atoms with van der Waals surface area (Å²) in [5.74, 6) is -0.171. The Balaban J connectivity index is 1.76. The van der Waals surface area contributed by atoms with Gasteiger partial charge >= 0.3 is 6.09 Å². The minimum absolute atomic E-state index is 0.171. The molecule has 1 aliphatic heterocycles. The van der Waals surface area contributed by atoms with Crippen LogP contribution in [0, 0.1) is 0 Å². The van der Waals surface area contributed by atoms with Gasteiger partial charge in [-0.05, 0) is 13.3 Å². The third kappa shape index (κ3) is 3.63. The molecule has 2 rings (SSSR count). The Morgan fingerprint density at radius 1 is 1.65 bits per heavy atom. The number of nitrogens with one attached hydrogen (secondary N) is 1. The Kier molecular flexibility index (Phi) is 4.84. The van der Waals surface area contributed by atoms with Crippen LogP contribution in [0.1, 0.15) is 19.4 Å². The summed E-state index contributed by atoms with van der Waals surface area (Å²) in [6, 6.07) is -0.448. The lowest BCUT2D eigenvalue weighted by Gasteiger charge is -2.26. The molecular formula is C12H17ClN4O3. The van der Waals surface area contributed by atoms with Crippen LogP contribution in [0.2, 0.25) is 5.02 Å². The first-order valence-electron chi connectivity index (χ1n) is 6.47. The molecule has 2 amide bonds. The summed E-state index contributed by atoms with van der Waals surface area (Å²) in [7, 11) is 0. The zero-order valence-electron chi connectivity index (χ0n) is 11.2. The van der Waals surface area contributed by atoms with Gasteiger partial charge in [-0.15, -0.1) is 0 Å². The minimum atomic E-state index is -0.448. The number of cyclic esters (lactones) is 1. The maximum absolute atomic E-state index is 11.9. The van der Waals surface area contributed by atoms with Crippen molar-refractivity contribution in [2.75, 3.05) is 26.2 Å². The van der Waals surface area contributed by atoms with Crippen molar-refractivity contribution >= 4 is 23.6 Å². The number of rotatable bonds is 5. The van der Waals surface area contributed by atoms with Gasteiger partial charge in [-0.1, -0.05) is 11.6 Å². The molecule has 0 unspecified atom stereocenters. The van der Waals surface area contributed by atoms with E-state index in [-0.39, 0.29) is 12.0 Å². The highest BCUT2D eigenvalue weighted by atomic mass is 35.5. The van der Waals surface area contributed by atoms with Crippen LogP contribution in [0.25, 0.3) is 0 Å². The fourth-order valence-electron chi connectivity index (χ4n) is 1.91. The van der Waals surface area contributed by atoms with Crippen LogP contribution in [0.5, 0.6) is 0 Å². The van der Waals surface area contributed by atoms with Gasteiger partial charge in [-0.2, -0.15) is 5.10 Å². The molecule has 0 aromatic carbocycles. The van der Waals surface area contributed by atoms with Crippen LogP contribution in [0.4, 0.5) is 4.79 Å². The lowest BCUT2D eigenvalue weighted by molar-refractivity contribution is -0.124. The fourth-order valence-corrected chi connectivity index (χ4v) is 2.05. The summed E-state index contributed by atoms with van der Waals surface area (Å²) >= 11 is 5.76. The van der Waals surface area contributed by atoms with Gasteiger partial charge in [0.05, 0.1) is 17.8 Å². The van der Waals surface area contributed by atoms with Crippen LogP contribution in [0.15, 0.2) is 12.4 Å². The molecule has 0 bridgehead atoms. The molecule has 0 radical (unpaired) electrons. The molecule has 0 saturated carbocycles. The summed E-state index contributed by atoms with van der Waals surface area (Å²) in [5, 5.41) is 7.24. The van der Waals surface area contributed by atoms with Crippen molar-refractivity contribution < 1.29 is 14.3 Å². The first kappa shape index (κ1) is 14.6. The molecule has 1 atom stereocenters. The Bertz CT molecular complexity index is 491. The van der Waals surface area contributed by atoms with Crippen molar-refractivity contribution in [3.63, 3.8) is 0 Å². The molecule has 8 heteroatoms.